The molecule has 0 heterocycles. The molecule has 0 bridgehead atoms. The number of carbonyl (C=O) groups excluding carboxylic acids is 9. The molecule has 0 aromatic rings. The van der Waals surface area contributed by atoms with Gasteiger partial charge in [-0.25, -0.2) is 0 Å². The molecule has 27 heteroatoms. The van der Waals surface area contributed by atoms with Gasteiger partial charge in [0, 0.05) is 53.7 Å². The van der Waals surface area contributed by atoms with Gasteiger partial charge >= 0.3 is 133 Å². The molecule has 0 N–H and O–H groups in total. The van der Waals surface area contributed by atoms with E-state index in [0.29, 0.717) is 0 Å². The van der Waals surface area contributed by atoms with Crippen LogP contribution >= 0.6 is 0 Å². The number of hydrogen-bond acceptors (Lipinski definition) is 22. The van der Waals surface area contributed by atoms with Crippen LogP contribution in [0.3, 0.4) is 0 Å². The normalized spacial score (nSPS) is 5.36. The van der Waals surface area contributed by atoms with Gasteiger partial charge in [0.1, 0.15) is 0 Å². The van der Waals surface area contributed by atoms with Crippen molar-refractivity contribution in [3.05, 3.63) is 0 Å². The van der Waals surface area contributed by atoms with Gasteiger partial charge in [0.25, 0.3) is 0 Å². The first-order valence-corrected chi connectivity index (χ1v) is 15.8. The molecule has 0 saturated heterocycles. The zero-order chi connectivity index (χ0) is 37.6. The van der Waals surface area contributed by atoms with Gasteiger partial charge < -0.3 is 89.1 Å². The van der Waals surface area contributed by atoms with Crippen LogP contribution in [0.1, 0.15) is 62.3 Å². The summed E-state index contributed by atoms with van der Waals surface area (Å²) in [5, 5.41) is 80.0. The molecule has 0 saturated carbocycles. The van der Waals surface area contributed by atoms with Crippen molar-refractivity contribution in [2.24, 2.45) is 0 Å². The smallest absolute Gasteiger partial charge is 2.00 e. The molecule has 0 amide bonds. The molecule has 0 atom stereocenters. The van der Waals surface area contributed by atoms with Gasteiger partial charge in [-0.1, -0.05) is 0 Å². The molecule has 0 spiro atoms. The standard InChI is InChI=1S/9C2H4O2.Na.4O.2U.2Zn/c9*1-2(3)4;;;;;;;;;/h9*1H3,(H,3,4);;;;;;;;;/q;;;;;;;;;+1;;;;;4*+2/p-9. The second-order valence-electron chi connectivity index (χ2n) is 4.59. The van der Waals surface area contributed by atoms with Gasteiger partial charge in [0.2, 0.25) is 0 Å². The zero-order valence-electron chi connectivity index (χ0n) is 25.9. The second-order valence-corrected chi connectivity index (χ2v) is 5.98. The van der Waals surface area contributed by atoms with Crippen molar-refractivity contribution in [1.29, 1.82) is 0 Å². The van der Waals surface area contributed by atoms with Crippen molar-refractivity contribution in [2.75, 3.05) is 0 Å². The van der Waals surface area contributed by atoms with Crippen molar-refractivity contribution in [3.63, 3.8) is 0 Å². The Morgan fingerprint density at radius 3 is 0.289 bits per heavy atom. The van der Waals surface area contributed by atoms with E-state index in [1.165, 1.54) is 0 Å². The molecule has 0 aromatic carbocycles. The van der Waals surface area contributed by atoms with Crippen LogP contribution in [-0.2, 0) is 91.0 Å². The minimum Gasteiger partial charge on any atom is 2.00 e. The molecule has 0 unspecified atom stereocenters. The van der Waals surface area contributed by atoms with Crippen LogP contribution in [0, 0.1) is 55.6 Å². The van der Waals surface area contributed by atoms with Crippen molar-refractivity contribution in [1.82, 2.24) is 0 Å². The Balaban J connectivity index is -0.0000000195. The summed E-state index contributed by atoms with van der Waals surface area (Å²) >= 11 is -5.01. The number of rotatable bonds is 0. The summed E-state index contributed by atoms with van der Waals surface area (Å²) in [6.45, 7) is 8.75. The Hall–Kier alpha value is -1.22. The minimum atomic E-state index is -2.51. The van der Waals surface area contributed by atoms with E-state index in [2.05, 4.69) is 0 Å². The molecule has 45 heavy (non-hydrogen) atoms. The maximum atomic E-state index is 8.89. The van der Waals surface area contributed by atoms with Gasteiger partial charge in [-0.3, -0.25) is 0 Å². The number of carboxylic acid groups (broad SMARTS) is 9. The van der Waals surface area contributed by atoms with Crippen LogP contribution in [-0.4, -0.2) is 53.7 Å². The Morgan fingerprint density at radius 2 is 0.289 bits per heavy atom. The maximum absolute atomic E-state index is 8.89. The van der Waals surface area contributed by atoms with Crippen LogP contribution in [0.15, 0.2) is 0 Å². The Labute approximate surface area is 334 Å². The van der Waals surface area contributed by atoms with Crippen LogP contribution in [0.4, 0.5) is 0 Å². The average Bonchev–Trinajstić information content (AvgIpc) is 2.57. The Bertz CT molecular complexity index is 593. The molecular formula is C18H27NaO22U2Zn2. The van der Waals surface area contributed by atoms with Crippen molar-refractivity contribution >= 4 is 53.7 Å². The predicted molar refractivity (Wildman–Crippen MR) is 98.9 cm³/mol. The fourth-order valence-corrected chi connectivity index (χ4v) is 0. The first-order chi connectivity index (χ1) is 18.4. The molecule has 0 aliphatic carbocycles. The molecule has 22 nitrogen and oxygen atoms in total. The second kappa shape index (κ2) is 96.8. The van der Waals surface area contributed by atoms with Gasteiger partial charge in [0.15, 0.2) is 0 Å². The van der Waals surface area contributed by atoms with E-state index in [4.69, 9.17) is 98.1 Å². The van der Waals surface area contributed by atoms with E-state index >= 15 is 0 Å². The third-order valence-corrected chi connectivity index (χ3v) is 0. The zero-order valence-corrected chi connectivity index (χ0v) is 42.2. The Morgan fingerprint density at radius 1 is 0.289 bits per heavy atom. The predicted octanol–water partition coefficient (Wildman–Crippen LogP) is -14.7. The summed E-state index contributed by atoms with van der Waals surface area (Å²) in [5.41, 5.74) is 0. The summed E-state index contributed by atoms with van der Waals surface area (Å²) in [6, 6.07) is 0. The summed E-state index contributed by atoms with van der Waals surface area (Å²) in [4.78, 5) is 80.0. The van der Waals surface area contributed by atoms with Crippen LogP contribution in [0.25, 0.3) is 0 Å². The van der Waals surface area contributed by atoms with Crippen molar-refractivity contribution in [3.8, 4) is 0 Å². The van der Waals surface area contributed by atoms with E-state index in [9.17, 15) is 0 Å². The summed E-state index contributed by atoms with van der Waals surface area (Å²) in [5.74, 6) is -9.75. The molecule has 0 aliphatic rings. The molecule has 0 aromatic heterocycles. The first-order valence-electron chi connectivity index (χ1n) is 8.99. The van der Waals surface area contributed by atoms with Crippen LogP contribution in [0.2, 0.25) is 0 Å². The summed E-state index contributed by atoms with van der Waals surface area (Å²) in [6.07, 6.45) is 0. The van der Waals surface area contributed by atoms with E-state index in [1.807, 2.05) is 0 Å². The maximum Gasteiger partial charge on any atom is 2.00 e. The summed E-state index contributed by atoms with van der Waals surface area (Å²) in [7, 11) is 0. The van der Waals surface area contributed by atoms with E-state index in [1.54, 1.807) is 0 Å². The van der Waals surface area contributed by atoms with Crippen LogP contribution in [0.5, 0.6) is 0 Å². The third kappa shape index (κ3) is 47900. The number of carbonyl (C=O) groups is 9. The summed E-state index contributed by atoms with van der Waals surface area (Å²) < 4.78 is 34.3. The fourth-order valence-electron chi connectivity index (χ4n) is 0. The largest absolute Gasteiger partial charge is 2.00 e. The fraction of sp³-hybridized carbons (Fsp3) is 0.500. The van der Waals surface area contributed by atoms with Gasteiger partial charge in [-0.2, -0.15) is 0 Å². The molecule has 0 fully saturated rings. The van der Waals surface area contributed by atoms with E-state index < -0.39 is 109 Å². The van der Waals surface area contributed by atoms with Gasteiger partial charge in [-0.05, 0) is 62.3 Å². The third-order valence-electron chi connectivity index (χ3n) is 0. The average molecular weight is 1230 g/mol. The van der Waals surface area contributed by atoms with Crippen molar-refractivity contribution in [2.45, 2.75) is 62.3 Å². The SMILES string of the molecule is CC(=O)[O-].CC(=O)[O-].CC(=O)[O-].CC(=O)[O-].CC(=O)[O-].CC(=O)[O-].CC(=O)[O-].CC(=O)[O-].CC(=O)[O-].[Na+].[O]=[U+2]=[O].[O]=[U+2]=[O].[Zn+2].[Zn+2]. The van der Waals surface area contributed by atoms with Gasteiger partial charge in [0.05, 0.1) is 0 Å². The Kier molecular flexibility index (Phi) is 194. The topological polar surface area (TPSA) is 429 Å². The molecule has 244 valence electrons. The molecule has 0 rings (SSSR count). The van der Waals surface area contributed by atoms with E-state index in [-0.39, 0.29) is 68.5 Å². The minimum absolute atomic E-state index is 0. The molecular weight excluding hydrogens is 1200 g/mol. The number of aliphatic carboxylic acids is 9. The number of hydrogen-bond donors (Lipinski definition) is 0. The first kappa shape index (κ1) is 90.3. The van der Waals surface area contributed by atoms with E-state index in [0.717, 1.165) is 62.3 Å². The quantitative estimate of drug-likeness (QED) is 0.203. The number of carboxylic acids is 9. The monoisotopic (exact) mass is 1220 g/mol. The van der Waals surface area contributed by atoms with Crippen LogP contribution < -0.4 is 75.5 Å². The van der Waals surface area contributed by atoms with Gasteiger partial charge in [-0.15, -0.1) is 0 Å². The molecule has 0 aliphatic heterocycles. The van der Waals surface area contributed by atoms with Crippen molar-refractivity contribution < 1.29 is 222 Å². The molecule has 0 radical (unpaired) electrons.